The van der Waals surface area contributed by atoms with Crippen LogP contribution in [0.1, 0.15) is 15.9 Å². The molecule has 0 aromatic heterocycles. The van der Waals surface area contributed by atoms with Crippen molar-refractivity contribution in [1.82, 2.24) is 4.90 Å². The quantitative estimate of drug-likeness (QED) is 0.839. The second-order valence-electron chi connectivity index (χ2n) is 6.10. The highest BCUT2D eigenvalue weighted by Crippen LogP contribution is 2.17. The molecule has 1 atom stereocenters. The van der Waals surface area contributed by atoms with Crippen LogP contribution in [0, 0.1) is 6.92 Å². The van der Waals surface area contributed by atoms with Crippen molar-refractivity contribution in [2.45, 2.75) is 13.0 Å². The molecule has 5 nitrogen and oxygen atoms in total. The molecule has 0 aliphatic carbocycles. The fourth-order valence-corrected chi connectivity index (χ4v) is 2.82. The highest BCUT2D eigenvalue weighted by molar-refractivity contribution is 5.94. The van der Waals surface area contributed by atoms with E-state index in [4.69, 9.17) is 14.2 Å². The summed E-state index contributed by atoms with van der Waals surface area (Å²) in [5.74, 6) is 1.57. The molecule has 0 N–H and O–H groups in total. The smallest absolute Gasteiger partial charge is 0.254 e. The van der Waals surface area contributed by atoms with E-state index in [0.29, 0.717) is 31.9 Å². The summed E-state index contributed by atoms with van der Waals surface area (Å²) in [7, 11) is 1.61. The largest absolute Gasteiger partial charge is 0.497 e. The van der Waals surface area contributed by atoms with Crippen LogP contribution in [0.15, 0.2) is 48.5 Å². The first kappa shape index (κ1) is 17.3. The Balaban J connectivity index is 1.57. The number of nitrogens with zero attached hydrogens (tertiary/aromatic N) is 1. The van der Waals surface area contributed by atoms with Gasteiger partial charge in [-0.1, -0.05) is 12.1 Å². The number of amides is 1. The van der Waals surface area contributed by atoms with Crippen molar-refractivity contribution in [3.8, 4) is 11.5 Å². The molecule has 132 valence electrons. The number of carbonyl (C=O) groups excluding carboxylic acids is 1. The Morgan fingerprint density at radius 2 is 2.00 bits per heavy atom. The van der Waals surface area contributed by atoms with Crippen molar-refractivity contribution >= 4 is 5.91 Å². The fraction of sp³-hybridized carbons (Fsp3) is 0.350. The van der Waals surface area contributed by atoms with E-state index in [1.807, 2.05) is 36.1 Å². The van der Waals surface area contributed by atoms with E-state index in [1.165, 1.54) is 0 Å². The van der Waals surface area contributed by atoms with Gasteiger partial charge in [0.2, 0.25) is 0 Å². The summed E-state index contributed by atoms with van der Waals surface area (Å²) >= 11 is 0. The van der Waals surface area contributed by atoms with Gasteiger partial charge >= 0.3 is 0 Å². The number of rotatable bonds is 5. The van der Waals surface area contributed by atoms with Crippen LogP contribution in [-0.2, 0) is 4.74 Å². The van der Waals surface area contributed by atoms with Crippen LogP contribution in [-0.4, -0.2) is 50.3 Å². The average molecular weight is 341 g/mol. The zero-order valence-corrected chi connectivity index (χ0v) is 14.6. The molecule has 1 amide bonds. The van der Waals surface area contributed by atoms with E-state index in [1.54, 1.807) is 31.4 Å². The van der Waals surface area contributed by atoms with Gasteiger partial charge < -0.3 is 19.1 Å². The van der Waals surface area contributed by atoms with Crippen LogP contribution in [0.3, 0.4) is 0 Å². The Bertz CT molecular complexity index is 714. The first-order valence-corrected chi connectivity index (χ1v) is 8.40. The SMILES string of the molecule is COc1ccc(C(=O)N2CCOC(COc3cccc(C)c3)C2)cc1. The summed E-state index contributed by atoms with van der Waals surface area (Å²) in [4.78, 5) is 14.5. The number of hydrogen-bond acceptors (Lipinski definition) is 4. The van der Waals surface area contributed by atoms with Crippen LogP contribution < -0.4 is 9.47 Å². The lowest BCUT2D eigenvalue weighted by molar-refractivity contribution is -0.0401. The van der Waals surface area contributed by atoms with E-state index in [9.17, 15) is 4.79 Å². The van der Waals surface area contributed by atoms with Gasteiger partial charge in [-0.3, -0.25) is 4.79 Å². The fourth-order valence-electron chi connectivity index (χ4n) is 2.82. The monoisotopic (exact) mass is 341 g/mol. The number of hydrogen-bond donors (Lipinski definition) is 0. The molecule has 5 heteroatoms. The highest BCUT2D eigenvalue weighted by atomic mass is 16.5. The van der Waals surface area contributed by atoms with Gasteiger partial charge in [0.1, 0.15) is 24.2 Å². The lowest BCUT2D eigenvalue weighted by Gasteiger charge is -2.33. The standard InChI is InChI=1S/C20H23NO4/c1-15-4-3-5-18(12-15)25-14-19-13-21(10-11-24-19)20(22)16-6-8-17(23-2)9-7-16/h3-9,12,19H,10-11,13-14H2,1-2H3. The zero-order valence-electron chi connectivity index (χ0n) is 14.6. The summed E-state index contributed by atoms with van der Waals surface area (Å²) in [5.41, 5.74) is 1.81. The average Bonchev–Trinajstić information content (AvgIpc) is 2.66. The molecule has 1 saturated heterocycles. The van der Waals surface area contributed by atoms with Gasteiger partial charge in [0.05, 0.1) is 20.3 Å². The molecule has 3 rings (SSSR count). The van der Waals surface area contributed by atoms with Gasteiger partial charge in [-0.25, -0.2) is 0 Å². The Labute approximate surface area is 148 Å². The first-order valence-electron chi connectivity index (χ1n) is 8.40. The Morgan fingerprint density at radius 3 is 2.72 bits per heavy atom. The summed E-state index contributed by atoms with van der Waals surface area (Å²) < 4.78 is 16.7. The van der Waals surface area contributed by atoms with E-state index in [-0.39, 0.29) is 12.0 Å². The van der Waals surface area contributed by atoms with Gasteiger partial charge in [0.25, 0.3) is 5.91 Å². The Hall–Kier alpha value is -2.53. The highest BCUT2D eigenvalue weighted by Gasteiger charge is 2.25. The maximum absolute atomic E-state index is 12.7. The van der Waals surface area contributed by atoms with Crippen LogP contribution in [0.5, 0.6) is 11.5 Å². The normalized spacial score (nSPS) is 17.2. The molecule has 2 aromatic carbocycles. The number of methoxy groups -OCH3 is 1. The number of aryl methyl sites for hydroxylation is 1. The third-order valence-corrected chi connectivity index (χ3v) is 4.19. The molecule has 2 aromatic rings. The third-order valence-electron chi connectivity index (χ3n) is 4.19. The first-order chi connectivity index (χ1) is 12.2. The van der Waals surface area contributed by atoms with Crippen LogP contribution >= 0.6 is 0 Å². The number of benzene rings is 2. The number of ether oxygens (including phenoxy) is 3. The second-order valence-corrected chi connectivity index (χ2v) is 6.10. The Morgan fingerprint density at radius 1 is 1.20 bits per heavy atom. The molecule has 1 aliphatic rings. The van der Waals surface area contributed by atoms with E-state index in [0.717, 1.165) is 17.1 Å². The van der Waals surface area contributed by atoms with Crippen LogP contribution in [0.25, 0.3) is 0 Å². The van der Waals surface area contributed by atoms with Crippen LogP contribution in [0.4, 0.5) is 0 Å². The molecular weight excluding hydrogens is 318 g/mol. The summed E-state index contributed by atoms with van der Waals surface area (Å²) in [6.45, 7) is 4.08. The van der Waals surface area contributed by atoms with Crippen molar-refractivity contribution in [3.05, 3.63) is 59.7 Å². The molecule has 1 heterocycles. The lowest BCUT2D eigenvalue weighted by atomic mass is 10.1. The minimum absolute atomic E-state index is 0.00603. The molecular formula is C20H23NO4. The molecule has 0 radical (unpaired) electrons. The van der Waals surface area contributed by atoms with Crippen LogP contribution in [0.2, 0.25) is 0 Å². The molecule has 1 aliphatic heterocycles. The van der Waals surface area contributed by atoms with Crippen molar-refractivity contribution < 1.29 is 19.0 Å². The maximum atomic E-state index is 12.7. The summed E-state index contributed by atoms with van der Waals surface area (Å²) in [6, 6.07) is 15.1. The summed E-state index contributed by atoms with van der Waals surface area (Å²) in [5, 5.41) is 0. The third kappa shape index (κ3) is 4.51. The lowest BCUT2D eigenvalue weighted by Crippen LogP contribution is -2.47. The van der Waals surface area contributed by atoms with Gasteiger partial charge in [0.15, 0.2) is 0 Å². The van der Waals surface area contributed by atoms with Gasteiger partial charge in [-0.05, 0) is 48.9 Å². The van der Waals surface area contributed by atoms with Crippen molar-refractivity contribution in [2.75, 3.05) is 33.4 Å². The molecule has 0 bridgehead atoms. The molecule has 1 fully saturated rings. The minimum atomic E-state index is -0.128. The van der Waals surface area contributed by atoms with Gasteiger partial charge in [0, 0.05) is 12.1 Å². The van der Waals surface area contributed by atoms with E-state index < -0.39 is 0 Å². The number of morpholine rings is 1. The molecule has 0 saturated carbocycles. The van der Waals surface area contributed by atoms with Crippen molar-refractivity contribution in [2.24, 2.45) is 0 Å². The van der Waals surface area contributed by atoms with E-state index in [2.05, 4.69) is 0 Å². The number of carbonyl (C=O) groups is 1. The second kappa shape index (κ2) is 8.03. The maximum Gasteiger partial charge on any atom is 0.254 e. The predicted octanol–water partition coefficient (Wildman–Crippen LogP) is 2.92. The predicted molar refractivity (Wildman–Crippen MR) is 95.3 cm³/mol. The van der Waals surface area contributed by atoms with Gasteiger partial charge in [-0.2, -0.15) is 0 Å². The zero-order chi connectivity index (χ0) is 17.6. The molecule has 25 heavy (non-hydrogen) atoms. The minimum Gasteiger partial charge on any atom is -0.497 e. The summed E-state index contributed by atoms with van der Waals surface area (Å²) in [6.07, 6.45) is -0.128. The topological polar surface area (TPSA) is 48.0 Å². The Kier molecular flexibility index (Phi) is 5.56. The molecule has 1 unspecified atom stereocenters. The van der Waals surface area contributed by atoms with Gasteiger partial charge in [-0.15, -0.1) is 0 Å². The van der Waals surface area contributed by atoms with Crippen molar-refractivity contribution in [3.63, 3.8) is 0 Å². The van der Waals surface area contributed by atoms with Crippen molar-refractivity contribution in [1.29, 1.82) is 0 Å². The van der Waals surface area contributed by atoms with E-state index >= 15 is 0 Å². The molecule has 0 spiro atoms.